The van der Waals surface area contributed by atoms with Crippen molar-refractivity contribution in [1.29, 1.82) is 0 Å². The molecule has 0 aromatic heterocycles. The molecule has 0 atom stereocenters. The minimum absolute atomic E-state index is 0.0572. The second kappa shape index (κ2) is 5.75. The minimum atomic E-state index is 0.0572. The maximum atomic E-state index is 11.2. The SMILES string of the molecule is CC(C)(C)CC(=O)NC/C=C/CN. The molecule has 0 aliphatic carbocycles. The molecule has 3 nitrogen and oxygen atoms in total. The average Bonchev–Trinajstić information content (AvgIpc) is 1.94. The lowest BCUT2D eigenvalue weighted by Crippen LogP contribution is -2.27. The Morgan fingerprint density at radius 1 is 1.38 bits per heavy atom. The van der Waals surface area contributed by atoms with Gasteiger partial charge in [-0.15, -0.1) is 0 Å². The summed E-state index contributed by atoms with van der Waals surface area (Å²) in [7, 11) is 0. The molecule has 0 bridgehead atoms. The summed E-state index contributed by atoms with van der Waals surface area (Å²) in [6.45, 7) is 7.23. The van der Waals surface area contributed by atoms with Crippen molar-refractivity contribution in [2.75, 3.05) is 13.1 Å². The van der Waals surface area contributed by atoms with E-state index in [2.05, 4.69) is 5.32 Å². The number of rotatable bonds is 4. The Morgan fingerprint density at radius 2 is 2.00 bits per heavy atom. The molecule has 3 heteroatoms. The van der Waals surface area contributed by atoms with E-state index >= 15 is 0 Å². The molecule has 0 aliphatic rings. The van der Waals surface area contributed by atoms with Gasteiger partial charge in [-0.05, 0) is 5.41 Å². The maximum absolute atomic E-state index is 11.2. The van der Waals surface area contributed by atoms with Crippen molar-refractivity contribution < 1.29 is 4.79 Å². The molecule has 0 saturated carbocycles. The smallest absolute Gasteiger partial charge is 0.220 e. The van der Waals surface area contributed by atoms with Crippen molar-refractivity contribution in [3.8, 4) is 0 Å². The van der Waals surface area contributed by atoms with E-state index in [1.807, 2.05) is 32.9 Å². The van der Waals surface area contributed by atoms with Crippen LogP contribution in [0.25, 0.3) is 0 Å². The van der Waals surface area contributed by atoms with Gasteiger partial charge in [0.2, 0.25) is 5.91 Å². The predicted molar refractivity (Wildman–Crippen MR) is 55.3 cm³/mol. The molecule has 0 unspecified atom stereocenters. The lowest BCUT2D eigenvalue weighted by atomic mass is 9.92. The van der Waals surface area contributed by atoms with Crippen LogP contribution >= 0.6 is 0 Å². The molecule has 0 spiro atoms. The molecule has 3 N–H and O–H groups in total. The van der Waals surface area contributed by atoms with Crippen molar-refractivity contribution in [2.45, 2.75) is 27.2 Å². The zero-order chi connectivity index (χ0) is 10.3. The van der Waals surface area contributed by atoms with Crippen molar-refractivity contribution in [3.05, 3.63) is 12.2 Å². The number of nitrogens with one attached hydrogen (secondary N) is 1. The normalized spacial score (nSPS) is 12.0. The highest BCUT2D eigenvalue weighted by molar-refractivity contribution is 5.76. The third kappa shape index (κ3) is 9.08. The number of hydrogen-bond donors (Lipinski definition) is 2. The first-order valence-corrected chi connectivity index (χ1v) is 4.57. The fourth-order valence-corrected chi connectivity index (χ4v) is 0.896. The second-order valence-electron chi connectivity index (χ2n) is 4.25. The summed E-state index contributed by atoms with van der Waals surface area (Å²) < 4.78 is 0. The summed E-state index contributed by atoms with van der Waals surface area (Å²) in [5.41, 5.74) is 5.30. The Kier molecular flexibility index (Phi) is 5.39. The molecule has 76 valence electrons. The lowest BCUT2D eigenvalue weighted by molar-refractivity contribution is -0.122. The van der Waals surface area contributed by atoms with E-state index in [0.717, 1.165) is 0 Å². The largest absolute Gasteiger partial charge is 0.353 e. The summed E-state index contributed by atoms with van der Waals surface area (Å²) in [5, 5.41) is 2.79. The second-order valence-corrected chi connectivity index (χ2v) is 4.25. The molecule has 0 rings (SSSR count). The van der Waals surface area contributed by atoms with Crippen LogP contribution in [0.5, 0.6) is 0 Å². The zero-order valence-corrected chi connectivity index (χ0v) is 8.76. The number of amides is 1. The van der Waals surface area contributed by atoms with Gasteiger partial charge in [0, 0.05) is 19.5 Å². The zero-order valence-electron chi connectivity index (χ0n) is 8.76. The fraction of sp³-hybridized carbons (Fsp3) is 0.700. The Balaban J connectivity index is 3.58. The monoisotopic (exact) mass is 184 g/mol. The van der Waals surface area contributed by atoms with E-state index in [9.17, 15) is 4.79 Å². The van der Waals surface area contributed by atoms with Crippen LogP contribution < -0.4 is 11.1 Å². The Labute approximate surface area is 80.4 Å². The molecule has 0 aromatic rings. The van der Waals surface area contributed by atoms with Crippen molar-refractivity contribution in [1.82, 2.24) is 5.32 Å². The summed E-state index contributed by atoms with van der Waals surface area (Å²) >= 11 is 0. The van der Waals surface area contributed by atoms with Crippen molar-refractivity contribution in [2.24, 2.45) is 11.1 Å². The highest BCUT2D eigenvalue weighted by atomic mass is 16.1. The van der Waals surface area contributed by atoms with Crippen LogP contribution in [-0.2, 0) is 4.79 Å². The van der Waals surface area contributed by atoms with E-state index in [-0.39, 0.29) is 11.3 Å². The molecule has 0 radical (unpaired) electrons. The maximum Gasteiger partial charge on any atom is 0.220 e. The van der Waals surface area contributed by atoms with E-state index in [0.29, 0.717) is 19.5 Å². The Bertz CT molecular complexity index is 180. The van der Waals surface area contributed by atoms with Gasteiger partial charge in [0.15, 0.2) is 0 Å². The predicted octanol–water partition coefficient (Wildman–Crippen LogP) is 1.05. The number of carbonyl (C=O) groups is 1. The van der Waals surface area contributed by atoms with Gasteiger partial charge < -0.3 is 11.1 Å². The van der Waals surface area contributed by atoms with Gasteiger partial charge in [-0.2, -0.15) is 0 Å². The van der Waals surface area contributed by atoms with Crippen molar-refractivity contribution >= 4 is 5.91 Å². The quantitative estimate of drug-likeness (QED) is 0.642. The van der Waals surface area contributed by atoms with Crippen molar-refractivity contribution in [3.63, 3.8) is 0 Å². The first-order chi connectivity index (χ1) is 5.95. The fourth-order valence-electron chi connectivity index (χ4n) is 0.896. The van der Waals surface area contributed by atoms with Gasteiger partial charge in [-0.1, -0.05) is 32.9 Å². The lowest BCUT2D eigenvalue weighted by Gasteiger charge is -2.16. The summed E-state index contributed by atoms with van der Waals surface area (Å²) in [6, 6.07) is 0. The van der Waals surface area contributed by atoms with E-state index < -0.39 is 0 Å². The van der Waals surface area contributed by atoms with Crippen LogP contribution in [0, 0.1) is 5.41 Å². The molecular weight excluding hydrogens is 164 g/mol. The van der Waals surface area contributed by atoms with Crippen LogP contribution in [0.15, 0.2) is 12.2 Å². The van der Waals surface area contributed by atoms with Gasteiger partial charge in [0.05, 0.1) is 0 Å². The van der Waals surface area contributed by atoms with E-state index in [1.54, 1.807) is 0 Å². The third-order valence-corrected chi connectivity index (χ3v) is 1.41. The molecule has 0 aliphatic heterocycles. The minimum Gasteiger partial charge on any atom is -0.353 e. The van der Waals surface area contributed by atoms with Gasteiger partial charge in [0.25, 0.3) is 0 Å². The van der Waals surface area contributed by atoms with Crippen LogP contribution in [0.4, 0.5) is 0 Å². The summed E-state index contributed by atoms with van der Waals surface area (Å²) in [4.78, 5) is 11.2. The van der Waals surface area contributed by atoms with Crippen LogP contribution in [-0.4, -0.2) is 19.0 Å². The number of hydrogen-bond acceptors (Lipinski definition) is 2. The Morgan fingerprint density at radius 3 is 2.46 bits per heavy atom. The highest BCUT2D eigenvalue weighted by Crippen LogP contribution is 2.17. The third-order valence-electron chi connectivity index (χ3n) is 1.41. The molecule has 0 fully saturated rings. The van der Waals surface area contributed by atoms with Crippen LogP contribution in [0.1, 0.15) is 27.2 Å². The van der Waals surface area contributed by atoms with Gasteiger partial charge in [-0.3, -0.25) is 4.79 Å². The van der Waals surface area contributed by atoms with Gasteiger partial charge in [0.1, 0.15) is 0 Å². The molecule has 0 saturated heterocycles. The standard InChI is InChI=1S/C10H20N2O/c1-10(2,3)8-9(13)12-7-5-4-6-11/h4-5H,6-8,11H2,1-3H3,(H,12,13)/b5-4+. The highest BCUT2D eigenvalue weighted by Gasteiger charge is 2.14. The van der Waals surface area contributed by atoms with E-state index in [1.165, 1.54) is 0 Å². The molecule has 1 amide bonds. The Hall–Kier alpha value is -0.830. The van der Waals surface area contributed by atoms with Crippen LogP contribution in [0.2, 0.25) is 0 Å². The first-order valence-electron chi connectivity index (χ1n) is 4.57. The average molecular weight is 184 g/mol. The van der Waals surface area contributed by atoms with Crippen LogP contribution in [0.3, 0.4) is 0 Å². The van der Waals surface area contributed by atoms with E-state index in [4.69, 9.17) is 5.73 Å². The van der Waals surface area contributed by atoms with Gasteiger partial charge >= 0.3 is 0 Å². The molecular formula is C10H20N2O. The topological polar surface area (TPSA) is 55.1 Å². The molecule has 0 aromatic carbocycles. The first kappa shape index (κ1) is 12.2. The number of nitrogens with two attached hydrogens (primary N) is 1. The molecule has 0 heterocycles. The van der Waals surface area contributed by atoms with Gasteiger partial charge in [-0.25, -0.2) is 0 Å². The summed E-state index contributed by atoms with van der Waals surface area (Å²) in [6.07, 6.45) is 4.25. The number of carbonyl (C=O) groups excluding carboxylic acids is 1. The molecule has 13 heavy (non-hydrogen) atoms. The summed E-state index contributed by atoms with van der Waals surface area (Å²) in [5.74, 6) is 0.0918.